The second-order valence-electron chi connectivity index (χ2n) is 4.40. The summed E-state index contributed by atoms with van der Waals surface area (Å²) in [5.74, 6) is 1.50. The average molecular weight is 305 g/mol. The van der Waals surface area contributed by atoms with Crippen LogP contribution < -0.4 is 10.1 Å². The number of hydrogen-bond acceptors (Lipinski definition) is 3. The van der Waals surface area contributed by atoms with E-state index in [0.717, 1.165) is 17.1 Å². The number of nitrogens with one attached hydrogen (secondary N) is 1. The summed E-state index contributed by atoms with van der Waals surface area (Å²) in [6.45, 7) is 0. The molecule has 0 aliphatic rings. The first-order valence-corrected chi connectivity index (χ1v) is 7.59. The van der Waals surface area contributed by atoms with E-state index in [2.05, 4.69) is 5.32 Å². The zero-order valence-electron chi connectivity index (χ0n) is 11.6. The number of anilines is 1. The molecule has 2 aromatic rings. The number of halogens is 1. The molecular weight excluding hydrogens is 289 g/mol. The zero-order chi connectivity index (χ0) is 15.1. The van der Waals surface area contributed by atoms with Crippen molar-refractivity contribution in [1.82, 2.24) is 0 Å². The summed E-state index contributed by atoms with van der Waals surface area (Å²) in [5, 5.41) is 2.73. The quantitative estimate of drug-likeness (QED) is 0.884. The monoisotopic (exact) mass is 305 g/mol. The largest absolute Gasteiger partial charge is 0.497 e. The van der Waals surface area contributed by atoms with Crippen molar-refractivity contribution in [3.8, 4) is 5.75 Å². The summed E-state index contributed by atoms with van der Waals surface area (Å²) in [7, 11) is 1.63. The molecule has 0 aliphatic heterocycles. The third kappa shape index (κ3) is 5.11. The third-order valence-corrected chi connectivity index (χ3v) is 3.79. The van der Waals surface area contributed by atoms with Gasteiger partial charge in [-0.25, -0.2) is 4.39 Å². The Labute approximate surface area is 127 Å². The first-order valence-electron chi connectivity index (χ1n) is 6.43. The van der Waals surface area contributed by atoms with Gasteiger partial charge in [-0.15, -0.1) is 11.8 Å². The number of carbonyl (C=O) groups excluding carboxylic acids is 1. The Bertz CT molecular complexity index is 584. The molecule has 21 heavy (non-hydrogen) atoms. The van der Waals surface area contributed by atoms with Crippen LogP contribution in [0.1, 0.15) is 5.56 Å². The highest BCUT2D eigenvalue weighted by atomic mass is 32.2. The second-order valence-corrected chi connectivity index (χ2v) is 5.38. The molecular formula is C16H16FNO2S. The molecule has 0 unspecified atom stereocenters. The molecule has 0 fully saturated rings. The Morgan fingerprint density at radius 1 is 1.14 bits per heavy atom. The predicted octanol–water partition coefficient (Wildman–Crippen LogP) is 3.71. The minimum Gasteiger partial charge on any atom is -0.497 e. The predicted molar refractivity (Wildman–Crippen MR) is 84.2 cm³/mol. The third-order valence-electron chi connectivity index (χ3n) is 2.79. The van der Waals surface area contributed by atoms with Gasteiger partial charge >= 0.3 is 0 Å². The number of benzene rings is 2. The smallest absolute Gasteiger partial charge is 0.234 e. The van der Waals surface area contributed by atoms with Crippen LogP contribution in [0.25, 0.3) is 0 Å². The maximum atomic E-state index is 12.7. The van der Waals surface area contributed by atoms with Crippen LogP contribution in [0, 0.1) is 5.82 Å². The SMILES string of the molecule is COc1ccc(CSCC(=O)Nc2ccc(F)cc2)cc1. The number of methoxy groups -OCH3 is 1. The standard InChI is InChI=1S/C16H16FNO2S/c1-20-15-8-2-12(3-9-15)10-21-11-16(19)18-14-6-4-13(17)5-7-14/h2-9H,10-11H2,1H3,(H,18,19). The van der Waals surface area contributed by atoms with Crippen LogP contribution in [0.5, 0.6) is 5.75 Å². The molecule has 0 atom stereocenters. The van der Waals surface area contributed by atoms with Gasteiger partial charge in [0.2, 0.25) is 5.91 Å². The van der Waals surface area contributed by atoms with Crippen molar-refractivity contribution in [2.45, 2.75) is 5.75 Å². The van der Waals surface area contributed by atoms with E-state index in [0.29, 0.717) is 11.4 Å². The molecule has 1 amide bonds. The maximum absolute atomic E-state index is 12.7. The van der Waals surface area contributed by atoms with Gasteiger partial charge in [0.05, 0.1) is 12.9 Å². The molecule has 110 valence electrons. The molecule has 0 spiro atoms. The van der Waals surface area contributed by atoms with E-state index in [-0.39, 0.29) is 11.7 Å². The summed E-state index contributed by atoms with van der Waals surface area (Å²) < 4.78 is 17.8. The Kier molecular flexibility index (Phi) is 5.63. The topological polar surface area (TPSA) is 38.3 Å². The molecule has 2 rings (SSSR count). The highest BCUT2D eigenvalue weighted by molar-refractivity contribution is 7.99. The Morgan fingerprint density at radius 3 is 2.43 bits per heavy atom. The van der Waals surface area contributed by atoms with Gasteiger partial charge in [0.1, 0.15) is 11.6 Å². The van der Waals surface area contributed by atoms with Gasteiger partial charge in [0, 0.05) is 11.4 Å². The fraction of sp³-hybridized carbons (Fsp3) is 0.188. The van der Waals surface area contributed by atoms with Crippen LogP contribution in [0.3, 0.4) is 0 Å². The van der Waals surface area contributed by atoms with Crippen molar-refractivity contribution in [3.63, 3.8) is 0 Å². The maximum Gasteiger partial charge on any atom is 0.234 e. The summed E-state index contributed by atoms with van der Waals surface area (Å²) in [5.41, 5.74) is 1.74. The minimum atomic E-state index is -0.318. The molecule has 3 nitrogen and oxygen atoms in total. The summed E-state index contributed by atoms with van der Waals surface area (Å²) in [6, 6.07) is 13.5. The number of ether oxygens (including phenoxy) is 1. The minimum absolute atomic E-state index is 0.0971. The van der Waals surface area contributed by atoms with E-state index in [1.54, 1.807) is 19.2 Å². The van der Waals surface area contributed by atoms with Crippen molar-refractivity contribution in [2.75, 3.05) is 18.2 Å². The summed E-state index contributed by atoms with van der Waals surface area (Å²) in [6.07, 6.45) is 0. The number of hydrogen-bond donors (Lipinski definition) is 1. The van der Waals surface area contributed by atoms with E-state index in [1.807, 2.05) is 24.3 Å². The summed E-state index contributed by atoms with van der Waals surface area (Å²) in [4.78, 5) is 11.7. The van der Waals surface area contributed by atoms with Gasteiger partial charge in [-0.2, -0.15) is 0 Å². The molecule has 2 aromatic carbocycles. The van der Waals surface area contributed by atoms with E-state index < -0.39 is 0 Å². The fourth-order valence-electron chi connectivity index (χ4n) is 1.71. The Balaban J connectivity index is 1.74. The summed E-state index contributed by atoms with van der Waals surface area (Å²) >= 11 is 1.52. The molecule has 0 aliphatic carbocycles. The molecule has 5 heteroatoms. The van der Waals surface area contributed by atoms with E-state index in [4.69, 9.17) is 4.74 Å². The lowest BCUT2D eigenvalue weighted by Gasteiger charge is -2.06. The average Bonchev–Trinajstić information content (AvgIpc) is 2.50. The van der Waals surface area contributed by atoms with Gasteiger partial charge in [0.15, 0.2) is 0 Å². The van der Waals surface area contributed by atoms with Crippen LogP contribution in [-0.4, -0.2) is 18.8 Å². The Hall–Kier alpha value is -2.01. The van der Waals surface area contributed by atoms with Gasteiger partial charge in [0.25, 0.3) is 0 Å². The van der Waals surface area contributed by atoms with E-state index in [1.165, 1.54) is 23.9 Å². The van der Waals surface area contributed by atoms with Crippen LogP contribution >= 0.6 is 11.8 Å². The van der Waals surface area contributed by atoms with E-state index >= 15 is 0 Å². The lowest BCUT2D eigenvalue weighted by molar-refractivity contribution is -0.113. The normalized spacial score (nSPS) is 10.2. The van der Waals surface area contributed by atoms with Crippen LogP contribution in [0.2, 0.25) is 0 Å². The number of rotatable bonds is 6. The lowest BCUT2D eigenvalue weighted by atomic mass is 10.2. The molecule has 1 N–H and O–H groups in total. The van der Waals surface area contributed by atoms with Crippen molar-refractivity contribution in [2.24, 2.45) is 0 Å². The molecule has 0 saturated carbocycles. The number of amides is 1. The molecule has 0 radical (unpaired) electrons. The lowest BCUT2D eigenvalue weighted by Crippen LogP contribution is -2.14. The van der Waals surface area contributed by atoms with Gasteiger partial charge in [-0.05, 0) is 42.0 Å². The van der Waals surface area contributed by atoms with Crippen molar-refractivity contribution >= 4 is 23.4 Å². The molecule has 0 aromatic heterocycles. The highest BCUT2D eigenvalue weighted by Crippen LogP contribution is 2.17. The van der Waals surface area contributed by atoms with Crippen LogP contribution in [0.15, 0.2) is 48.5 Å². The van der Waals surface area contributed by atoms with Crippen molar-refractivity contribution in [1.29, 1.82) is 0 Å². The van der Waals surface area contributed by atoms with Gasteiger partial charge in [-0.3, -0.25) is 4.79 Å². The second kappa shape index (κ2) is 7.69. The number of carbonyl (C=O) groups is 1. The highest BCUT2D eigenvalue weighted by Gasteiger charge is 2.03. The first-order chi connectivity index (χ1) is 10.2. The first kappa shape index (κ1) is 15.4. The Morgan fingerprint density at radius 2 is 1.81 bits per heavy atom. The van der Waals surface area contributed by atoms with Crippen LogP contribution in [0.4, 0.5) is 10.1 Å². The van der Waals surface area contributed by atoms with Gasteiger partial charge < -0.3 is 10.1 Å². The fourth-order valence-corrected chi connectivity index (χ4v) is 2.50. The molecule has 0 bridgehead atoms. The van der Waals surface area contributed by atoms with E-state index in [9.17, 15) is 9.18 Å². The molecule has 0 heterocycles. The zero-order valence-corrected chi connectivity index (χ0v) is 12.5. The van der Waals surface area contributed by atoms with Gasteiger partial charge in [-0.1, -0.05) is 12.1 Å². The molecule has 0 saturated heterocycles. The van der Waals surface area contributed by atoms with Crippen molar-refractivity contribution < 1.29 is 13.9 Å². The number of thioether (sulfide) groups is 1. The van der Waals surface area contributed by atoms with Crippen LogP contribution in [-0.2, 0) is 10.5 Å². The van der Waals surface area contributed by atoms with Crippen molar-refractivity contribution in [3.05, 3.63) is 59.9 Å².